The third kappa shape index (κ3) is 3.93. The fraction of sp³-hybridized carbons (Fsp3) is 0.700. The molecule has 0 aromatic heterocycles. The Labute approximate surface area is 147 Å². The number of hydrogen-bond donors (Lipinski definition) is 1. The predicted molar refractivity (Wildman–Crippen MR) is 102 cm³/mol. The van der Waals surface area contributed by atoms with E-state index in [1.807, 2.05) is 0 Å². The molecule has 0 spiro atoms. The Kier molecular flexibility index (Phi) is 5.48. The standard InChI is InChI=1S/C20H34N4/c1-20(15-21)10-13-24(16-20)14-17-6-4-5-7-19(17)23(3)18-8-11-22(2)12-9-18/h4-7,18H,8-16,21H2,1-3H3. The molecule has 0 bridgehead atoms. The van der Waals surface area contributed by atoms with Crippen molar-refractivity contribution < 1.29 is 0 Å². The van der Waals surface area contributed by atoms with Crippen molar-refractivity contribution in [3.05, 3.63) is 29.8 Å². The van der Waals surface area contributed by atoms with Gasteiger partial charge in [-0.25, -0.2) is 0 Å². The molecular weight excluding hydrogens is 296 g/mol. The fourth-order valence-corrected chi connectivity index (χ4v) is 4.24. The van der Waals surface area contributed by atoms with Crippen LogP contribution in [-0.4, -0.2) is 62.7 Å². The first kappa shape index (κ1) is 17.7. The van der Waals surface area contributed by atoms with E-state index in [2.05, 4.69) is 60.0 Å². The van der Waals surface area contributed by atoms with E-state index in [1.165, 1.54) is 50.1 Å². The first-order valence-electron chi connectivity index (χ1n) is 9.42. The van der Waals surface area contributed by atoms with Crippen LogP contribution in [0.25, 0.3) is 0 Å². The van der Waals surface area contributed by atoms with Crippen LogP contribution in [0.2, 0.25) is 0 Å². The van der Waals surface area contributed by atoms with E-state index in [0.29, 0.717) is 11.5 Å². The van der Waals surface area contributed by atoms with Crippen molar-refractivity contribution in [2.45, 2.75) is 38.8 Å². The summed E-state index contributed by atoms with van der Waals surface area (Å²) in [6.45, 7) is 8.86. The third-order valence-electron chi connectivity index (χ3n) is 6.13. The lowest BCUT2D eigenvalue weighted by atomic mass is 9.90. The van der Waals surface area contributed by atoms with Crippen LogP contribution in [0, 0.1) is 5.41 Å². The zero-order valence-corrected chi connectivity index (χ0v) is 15.7. The minimum absolute atomic E-state index is 0.300. The Morgan fingerprint density at radius 1 is 1.21 bits per heavy atom. The number of hydrogen-bond acceptors (Lipinski definition) is 4. The van der Waals surface area contributed by atoms with E-state index in [4.69, 9.17) is 5.73 Å². The summed E-state index contributed by atoms with van der Waals surface area (Å²) < 4.78 is 0. The third-order valence-corrected chi connectivity index (χ3v) is 6.13. The molecule has 1 atom stereocenters. The normalized spacial score (nSPS) is 26.8. The van der Waals surface area contributed by atoms with Crippen molar-refractivity contribution in [2.75, 3.05) is 51.7 Å². The van der Waals surface area contributed by atoms with Crippen LogP contribution in [0.4, 0.5) is 5.69 Å². The van der Waals surface area contributed by atoms with Gasteiger partial charge in [-0.2, -0.15) is 0 Å². The summed E-state index contributed by atoms with van der Waals surface area (Å²) in [6, 6.07) is 9.62. The number of para-hydroxylation sites is 1. The van der Waals surface area contributed by atoms with Crippen LogP contribution in [0.1, 0.15) is 31.7 Å². The molecule has 0 aliphatic carbocycles. The highest BCUT2D eigenvalue weighted by Crippen LogP contribution is 2.32. The second-order valence-electron chi connectivity index (χ2n) is 8.25. The highest BCUT2D eigenvalue weighted by atomic mass is 15.2. The molecule has 4 nitrogen and oxygen atoms in total. The van der Waals surface area contributed by atoms with Crippen molar-refractivity contribution in [2.24, 2.45) is 11.1 Å². The van der Waals surface area contributed by atoms with Gasteiger partial charge in [0.2, 0.25) is 0 Å². The van der Waals surface area contributed by atoms with E-state index in [9.17, 15) is 0 Å². The fourth-order valence-electron chi connectivity index (χ4n) is 4.24. The summed E-state index contributed by atoms with van der Waals surface area (Å²) in [7, 11) is 4.51. The van der Waals surface area contributed by atoms with Crippen LogP contribution < -0.4 is 10.6 Å². The van der Waals surface area contributed by atoms with Gasteiger partial charge in [0.15, 0.2) is 0 Å². The number of nitrogens with zero attached hydrogens (tertiary/aromatic N) is 3. The van der Waals surface area contributed by atoms with E-state index in [1.54, 1.807) is 0 Å². The maximum atomic E-state index is 5.97. The molecule has 0 amide bonds. The average Bonchev–Trinajstić information content (AvgIpc) is 2.97. The molecule has 2 aliphatic heterocycles. The van der Waals surface area contributed by atoms with Crippen LogP contribution in [0.5, 0.6) is 0 Å². The van der Waals surface area contributed by atoms with Gasteiger partial charge in [0.1, 0.15) is 0 Å². The second-order valence-corrected chi connectivity index (χ2v) is 8.25. The van der Waals surface area contributed by atoms with E-state index < -0.39 is 0 Å². The van der Waals surface area contributed by atoms with E-state index in [0.717, 1.165) is 19.6 Å². The Hall–Kier alpha value is -1.10. The molecule has 0 radical (unpaired) electrons. The van der Waals surface area contributed by atoms with Gasteiger partial charge in [-0.15, -0.1) is 0 Å². The molecule has 134 valence electrons. The second kappa shape index (κ2) is 7.42. The van der Waals surface area contributed by atoms with Gasteiger partial charge >= 0.3 is 0 Å². The van der Waals surface area contributed by atoms with E-state index >= 15 is 0 Å². The van der Waals surface area contributed by atoms with Gasteiger partial charge in [0.25, 0.3) is 0 Å². The summed E-state index contributed by atoms with van der Waals surface area (Å²) in [6.07, 6.45) is 3.74. The van der Waals surface area contributed by atoms with Gasteiger partial charge in [0, 0.05) is 31.9 Å². The number of rotatable bonds is 5. The first-order valence-corrected chi connectivity index (χ1v) is 9.42. The number of anilines is 1. The van der Waals surface area contributed by atoms with Gasteiger partial charge in [0.05, 0.1) is 0 Å². The molecule has 1 aromatic rings. The Morgan fingerprint density at radius 2 is 1.92 bits per heavy atom. The first-order chi connectivity index (χ1) is 11.5. The van der Waals surface area contributed by atoms with Crippen LogP contribution in [0.3, 0.4) is 0 Å². The topological polar surface area (TPSA) is 35.7 Å². The zero-order valence-electron chi connectivity index (χ0n) is 15.7. The molecule has 2 fully saturated rings. The highest BCUT2D eigenvalue weighted by Gasteiger charge is 2.32. The summed E-state index contributed by atoms with van der Waals surface area (Å²) in [4.78, 5) is 7.54. The number of benzene rings is 1. The van der Waals surface area contributed by atoms with Crippen molar-refractivity contribution in [1.82, 2.24) is 9.80 Å². The molecular formula is C20H34N4. The van der Waals surface area contributed by atoms with E-state index in [-0.39, 0.29) is 0 Å². The van der Waals surface area contributed by atoms with Crippen molar-refractivity contribution in [3.63, 3.8) is 0 Å². The summed E-state index contributed by atoms with van der Waals surface area (Å²) >= 11 is 0. The number of piperidine rings is 1. The molecule has 0 saturated carbocycles. The largest absolute Gasteiger partial charge is 0.371 e. The van der Waals surface area contributed by atoms with Gasteiger partial charge in [-0.1, -0.05) is 25.1 Å². The highest BCUT2D eigenvalue weighted by molar-refractivity contribution is 5.54. The molecule has 2 heterocycles. The van der Waals surface area contributed by atoms with Crippen LogP contribution in [-0.2, 0) is 6.54 Å². The molecule has 4 heteroatoms. The van der Waals surface area contributed by atoms with Crippen molar-refractivity contribution in [1.29, 1.82) is 0 Å². The zero-order chi connectivity index (χ0) is 17.2. The molecule has 2 N–H and O–H groups in total. The molecule has 24 heavy (non-hydrogen) atoms. The van der Waals surface area contributed by atoms with Crippen LogP contribution >= 0.6 is 0 Å². The smallest absolute Gasteiger partial charge is 0.0411 e. The lowest BCUT2D eigenvalue weighted by molar-refractivity contribution is 0.252. The van der Waals surface area contributed by atoms with Crippen LogP contribution in [0.15, 0.2) is 24.3 Å². The predicted octanol–water partition coefficient (Wildman–Crippen LogP) is 2.39. The van der Waals surface area contributed by atoms with Gasteiger partial charge in [-0.3, -0.25) is 4.90 Å². The Bertz CT molecular complexity index is 538. The number of nitrogens with two attached hydrogens (primary N) is 1. The molecule has 1 unspecified atom stereocenters. The maximum Gasteiger partial charge on any atom is 0.0411 e. The Morgan fingerprint density at radius 3 is 2.58 bits per heavy atom. The minimum atomic E-state index is 0.300. The number of likely N-dealkylation sites (tertiary alicyclic amines) is 2. The monoisotopic (exact) mass is 330 g/mol. The summed E-state index contributed by atoms with van der Waals surface area (Å²) in [5.41, 5.74) is 9.14. The molecule has 2 saturated heterocycles. The van der Waals surface area contributed by atoms with Gasteiger partial charge in [-0.05, 0) is 69.5 Å². The molecule has 1 aromatic carbocycles. The quantitative estimate of drug-likeness (QED) is 0.899. The molecule has 3 rings (SSSR count). The Balaban J connectivity index is 1.69. The summed E-state index contributed by atoms with van der Waals surface area (Å²) in [5, 5.41) is 0. The lowest BCUT2D eigenvalue weighted by Gasteiger charge is -2.37. The SMILES string of the molecule is CN1CCC(N(C)c2ccccc2CN2CCC(C)(CN)C2)CC1. The summed E-state index contributed by atoms with van der Waals surface area (Å²) in [5.74, 6) is 0. The maximum absolute atomic E-state index is 5.97. The molecule has 2 aliphatic rings. The van der Waals surface area contributed by atoms with Gasteiger partial charge < -0.3 is 15.5 Å². The minimum Gasteiger partial charge on any atom is -0.371 e. The lowest BCUT2D eigenvalue weighted by Crippen LogP contribution is -2.42. The average molecular weight is 331 g/mol. The van der Waals surface area contributed by atoms with Crippen molar-refractivity contribution >= 4 is 5.69 Å². The van der Waals surface area contributed by atoms with Crippen molar-refractivity contribution in [3.8, 4) is 0 Å².